The molecule has 0 bridgehead atoms. The molecule has 32 heavy (non-hydrogen) atoms. The Hall–Kier alpha value is -2.39. The summed E-state index contributed by atoms with van der Waals surface area (Å²) in [4.78, 5) is 30.7. The Morgan fingerprint density at radius 3 is 2.69 bits per heavy atom. The molecule has 4 rings (SSSR count). The van der Waals surface area contributed by atoms with E-state index in [1.165, 1.54) is 24.5 Å². The lowest BCUT2D eigenvalue weighted by atomic mass is 9.99. The van der Waals surface area contributed by atoms with Crippen LogP contribution in [0.25, 0.3) is 5.76 Å². The number of aliphatic hydroxyl groups excluding tert-OH is 1. The van der Waals surface area contributed by atoms with Crippen LogP contribution in [0.2, 0.25) is 5.02 Å². The number of methoxy groups -OCH3 is 1. The van der Waals surface area contributed by atoms with E-state index in [-0.39, 0.29) is 11.3 Å². The van der Waals surface area contributed by atoms with E-state index in [2.05, 4.69) is 4.90 Å². The average molecular weight is 477 g/mol. The van der Waals surface area contributed by atoms with Gasteiger partial charge in [0.25, 0.3) is 11.7 Å². The number of halogens is 1. The highest BCUT2D eigenvalue weighted by Crippen LogP contribution is 2.41. The zero-order valence-corrected chi connectivity index (χ0v) is 19.3. The minimum atomic E-state index is -0.681. The molecule has 1 amide bonds. The first-order valence-corrected chi connectivity index (χ1v) is 11.7. The zero-order valence-electron chi connectivity index (χ0n) is 17.8. The lowest BCUT2D eigenvalue weighted by Gasteiger charge is -2.28. The number of ketones is 1. The number of nitrogens with zero attached hydrogens (tertiary/aromatic N) is 2. The molecule has 1 aromatic carbocycles. The highest BCUT2D eigenvalue weighted by Gasteiger charge is 2.46. The molecular weight excluding hydrogens is 452 g/mol. The van der Waals surface area contributed by atoms with Crippen LogP contribution in [0.5, 0.6) is 5.75 Å². The summed E-state index contributed by atoms with van der Waals surface area (Å²) >= 11 is 7.67. The fourth-order valence-corrected chi connectivity index (χ4v) is 5.21. The number of hydrogen-bond acceptors (Lipinski definition) is 7. The van der Waals surface area contributed by atoms with Crippen molar-refractivity contribution in [1.29, 1.82) is 0 Å². The van der Waals surface area contributed by atoms with E-state index in [0.29, 0.717) is 36.1 Å². The molecule has 0 saturated carbocycles. The number of hydrogen-bond donors (Lipinski definition) is 1. The first-order chi connectivity index (χ1) is 15.5. The lowest BCUT2D eigenvalue weighted by molar-refractivity contribution is -0.140. The highest BCUT2D eigenvalue weighted by atomic mass is 35.5. The van der Waals surface area contributed by atoms with E-state index in [0.717, 1.165) is 30.9 Å². The molecule has 9 heteroatoms. The minimum Gasteiger partial charge on any atom is -0.507 e. The van der Waals surface area contributed by atoms with Gasteiger partial charge in [-0.05, 0) is 36.1 Å². The highest BCUT2D eigenvalue weighted by molar-refractivity contribution is 7.10. The summed E-state index contributed by atoms with van der Waals surface area (Å²) < 4.78 is 10.5. The Bertz CT molecular complexity index is 1020. The van der Waals surface area contributed by atoms with Crippen molar-refractivity contribution in [3.8, 4) is 5.75 Å². The first-order valence-electron chi connectivity index (χ1n) is 10.5. The summed E-state index contributed by atoms with van der Waals surface area (Å²) in [6.07, 6.45) is 0.725. The molecular formula is C23H25ClN2O5S. The van der Waals surface area contributed by atoms with Crippen LogP contribution in [0, 0.1) is 0 Å². The van der Waals surface area contributed by atoms with Gasteiger partial charge < -0.3 is 19.5 Å². The third-order valence-corrected chi connectivity index (χ3v) is 6.98. The number of thiophene rings is 1. The third kappa shape index (κ3) is 4.54. The predicted octanol–water partition coefficient (Wildman–Crippen LogP) is 3.55. The Kier molecular flexibility index (Phi) is 7.15. The van der Waals surface area contributed by atoms with Crippen LogP contribution >= 0.6 is 22.9 Å². The van der Waals surface area contributed by atoms with Crippen molar-refractivity contribution in [2.75, 3.05) is 46.5 Å². The van der Waals surface area contributed by atoms with Crippen LogP contribution in [-0.4, -0.2) is 73.1 Å². The van der Waals surface area contributed by atoms with Crippen molar-refractivity contribution >= 4 is 40.4 Å². The van der Waals surface area contributed by atoms with E-state index in [1.54, 1.807) is 17.0 Å². The molecule has 1 aromatic heterocycles. The maximum Gasteiger partial charge on any atom is 0.295 e. The minimum absolute atomic E-state index is 0.0880. The molecule has 2 fully saturated rings. The topological polar surface area (TPSA) is 79.3 Å². The van der Waals surface area contributed by atoms with Crippen LogP contribution in [0.15, 0.2) is 41.3 Å². The molecule has 2 saturated heterocycles. The number of rotatable bonds is 7. The Morgan fingerprint density at radius 1 is 1.25 bits per heavy atom. The summed E-state index contributed by atoms with van der Waals surface area (Å²) in [5, 5.41) is 13.3. The largest absolute Gasteiger partial charge is 0.507 e. The van der Waals surface area contributed by atoms with Crippen LogP contribution < -0.4 is 4.74 Å². The number of benzene rings is 1. The molecule has 1 atom stereocenters. The molecule has 0 aliphatic carbocycles. The van der Waals surface area contributed by atoms with E-state index in [1.807, 2.05) is 17.5 Å². The summed E-state index contributed by atoms with van der Waals surface area (Å²) in [5.41, 5.74) is 0.453. The van der Waals surface area contributed by atoms with Gasteiger partial charge in [0.05, 0.1) is 37.0 Å². The number of aliphatic hydroxyl groups is 1. The quantitative estimate of drug-likeness (QED) is 0.374. The second-order valence-electron chi connectivity index (χ2n) is 7.66. The van der Waals surface area contributed by atoms with E-state index in [4.69, 9.17) is 21.1 Å². The Labute approximate surface area is 195 Å². The van der Waals surface area contributed by atoms with Crippen molar-refractivity contribution in [3.05, 3.63) is 56.7 Å². The molecule has 2 aliphatic heterocycles. The fraction of sp³-hybridized carbons (Fsp3) is 0.391. The van der Waals surface area contributed by atoms with Crippen LogP contribution in [-0.2, 0) is 14.3 Å². The van der Waals surface area contributed by atoms with Gasteiger partial charge in [-0.25, -0.2) is 0 Å². The maximum atomic E-state index is 13.0. The monoisotopic (exact) mass is 476 g/mol. The van der Waals surface area contributed by atoms with E-state index < -0.39 is 17.7 Å². The standard InChI is InChI=1S/C23H25ClN2O5S/c1-30-17-6-5-15(14-16(17)24)21(27)19-20(18-4-2-13-32-18)26(23(29)22(19)28)8-3-7-25-9-11-31-12-10-25/h2,4-6,13-14,20,27H,3,7-12H2,1H3. The fourth-order valence-electron chi connectivity index (χ4n) is 4.11. The normalized spacial score (nSPS) is 21.3. The number of morpholine rings is 1. The summed E-state index contributed by atoms with van der Waals surface area (Å²) in [7, 11) is 1.50. The van der Waals surface area contributed by atoms with Crippen LogP contribution in [0.4, 0.5) is 0 Å². The number of Topliss-reactive ketones (excluding diaryl/α,β-unsaturated/α-hetero) is 1. The number of carbonyl (C=O) groups excluding carboxylic acids is 2. The first kappa shape index (κ1) is 22.8. The number of carbonyl (C=O) groups is 2. The van der Waals surface area contributed by atoms with Crippen molar-refractivity contribution in [2.24, 2.45) is 0 Å². The van der Waals surface area contributed by atoms with Crippen LogP contribution in [0.1, 0.15) is 22.9 Å². The molecule has 2 aromatic rings. The molecule has 0 radical (unpaired) electrons. The van der Waals surface area contributed by atoms with E-state index >= 15 is 0 Å². The smallest absolute Gasteiger partial charge is 0.295 e. The van der Waals surface area contributed by atoms with Gasteiger partial charge in [0.1, 0.15) is 11.5 Å². The molecule has 7 nitrogen and oxygen atoms in total. The van der Waals surface area contributed by atoms with Gasteiger partial charge in [0.2, 0.25) is 0 Å². The lowest BCUT2D eigenvalue weighted by Crippen LogP contribution is -2.38. The molecule has 2 aliphatic rings. The van der Waals surface area contributed by atoms with Gasteiger partial charge in [-0.2, -0.15) is 0 Å². The number of ether oxygens (including phenoxy) is 2. The van der Waals surface area contributed by atoms with Gasteiger partial charge in [-0.1, -0.05) is 17.7 Å². The third-order valence-electron chi connectivity index (χ3n) is 5.75. The summed E-state index contributed by atoms with van der Waals surface area (Å²) in [6.45, 7) is 4.40. The number of likely N-dealkylation sites (tertiary alicyclic amines) is 1. The Morgan fingerprint density at radius 2 is 2.03 bits per heavy atom. The summed E-state index contributed by atoms with van der Waals surface area (Å²) in [5.74, 6) is -1.05. The van der Waals surface area contributed by atoms with Crippen LogP contribution in [0.3, 0.4) is 0 Å². The molecule has 3 heterocycles. The van der Waals surface area contributed by atoms with Gasteiger partial charge in [-0.15, -0.1) is 11.3 Å². The van der Waals surface area contributed by atoms with Gasteiger partial charge in [0.15, 0.2) is 0 Å². The van der Waals surface area contributed by atoms with Crippen molar-refractivity contribution in [3.63, 3.8) is 0 Å². The summed E-state index contributed by atoms with van der Waals surface area (Å²) in [6, 6.07) is 7.91. The molecule has 1 unspecified atom stereocenters. The van der Waals surface area contributed by atoms with Gasteiger partial charge >= 0.3 is 0 Å². The second-order valence-corrected chi connectivity index (χ2v) is 9.05. The molecule has 1 N–H and O–H groups in total. The van der Waals surface area contributed by atoms with Gasteiger partial charge in [0, 0.05) is 36.6 Å². The maximum absolute atomic E-state index is 13.0. The molecule has 170 valence electrons. The zero-order chi connectivity index (χ0) is 22.7. The van der Waals surface area contributed by atoms with E-state index in [9.17, 15) is 14.7 Å². The predicted molar refractivity (Wildman–Crippen MR) is 123 cm³/mol. The average Bonchev–Trinajstić information content (AvgIpc) is 3.42. The number of amides is 1. The Balaban J connectivity index is 1.63. The van der Waals surface area contributed by atoms with Crippen molar-refractivity contribution < 1.29 is 24.2 Å². The van der Waals surface area contributed by atoms with Crippen molar-refractivity contribution in [2.45, 2.75) is 12.5 Å². The van der Waals surface area contributed by atoms with Crippen molar-refractivity contribution in [1.82, 2.24) is 9.80 Å². The SMILES string of the molecule is COc1ccc(C(O)=C2C(=O)C(=O)N(CCCN3CCOCC3)C2c2cccs2)cc1Cl. The second kappa shape index (κ2) is 10.0. The van der Waals surface area contributed by atoms with Gasteiger partial charge in [-0.3, -0.25) is 14.5 Å². The molecule has 0 spiro atoms.